The number of thiazole rings is 1. The van der Waals surface area contributed by atoms with Crippen molar-refractivity contribution in [1.82, 2.24) is 4.98 Å². The molecule has 0 unspecified atom stereocenters. The summed E-state index contributed by atoms with van der Waals surface area (Å²) in [6, 6.07) is 9.44. The fraction of sp³-hybridized carbons (Fsp3) is 0.100. The van der Waals surface area contributed by atoms with Gasteiger partial charge < -0.3 is 0 Å². The van der Waals surface area contributed by atoms with E-state index in [0.717, 1.165) is 16.7 Å². The Morgan fingerprint density at radius 3 is 2.40 bits per heavy atom. The van der Waals surface area contributed by atoms with E-state index < -0.39 is 11.9 Å². The summed E-state index contributed by atoms with van der Waals surface area (Å²) in [7, 11) is 0. The van der Waals surface area contributed by atoms with Gasteiger partial charge >= 0.3 is 6.18 Å². The van der Waals surface area contributed by atoms with Crippen LogP contribution < -0.4 is 0 Å². The second kappa shape index (κ2) is 3.66. The standard InChI is InChI=1S/C10H5F3NS/c11-10(12,13)8-6-15-9(14-8)7-4-2-1-3-5-7/h2-6H. The largest absolute Gasteiger partial charge is 0.434 e. The van der Waals surface area contributed by atoms with Gasteiger partial charge in [-0.2, -0.15) is 13.2 Å². The Bertz CT molecular complexity index is 447. The summed E-state index contributed by atoms with van der Waals surface area (Å²) in [5.41, 5.74) is -0.162. The van der Waals surface area contributed by atoms with Gasteiger partial charge in [-0.25, -0.2) is 4.98 Å². The molecule has 0 atom stereocenters. The number of hydrogen-bond donors (Lipinski definition) is 0. The van der Waals surface area contributed by atoms with Gasteiger partial charge in [0.05, 0.1) is 0 Å². The molecule has 0 saturated heterocycles. The molecule has 1 aromatic carbocycles. The van der Waals surface area contributed by atoms with Crippen molar-refractivity contribution >= 4 is 11.3 Å². The molecule has 0 aliphatic heterocycles. The molecular formula is C10H5F3NS. The third-order valence-corrected chi connectivity index (χ3v) is 2.65. The molecule has 0 amide bonds. The van der Waals surface area contributed by atoms with Crippen molar-refractivity contribution in [1.29, 1.82) is 0 Å². The summed E-state index contributed by atoms with van der Waals surface area (Å²) in [5.74, 6) is 0. The highest BCUT2D eigenvalue weighted by Crippen LogP contribution is 2.33. The zero-order chi connectivity index (χ0) is 10.9. The normalized spacial score (nSPS) is 11.7. The van der Waals surface area contributed by atoms with Crippen LogP contribution in [0.3, 0.4) is 0 Å². The van der Waals surface area contributed by atoms with Crippen LogP contribution in [0.25, 0.3) is 10.6 Å². The van der Waals surface area contributed by atoms with Crippen molar-refractivity contribution < 1.29 is 13.2 Å². The second-order valence-electron chi connectivity index (χ2n) is 2.82. The van der Waals surface area contributed by atoms with E-state index in [4.69, 9.17) is 0 Å². The van der Waals surface area contributed by atoms with E-state index in [0.29, 0.717) is 10.6 Å². The average Bonchev–Trinajstić information content (AvgIpc) is 2.67. The summed E-state index contributed by atoms with van der Waals surface area (Å²) >= 11 is 0.985. The quantitative estimate of drug-likeness (QED) is 0.726. The third-order valence-electron chi connectivity index (χ3n) is 1.76. The monoisotopic (exact) mass is 228 g/mol. The van der Waals surface area contributed by atoms with Gasteiger partial charge in [-0.1, -0.05) is 24.3 Å². The first-order valence-electron chi connectivity index (χ1n) is 4.06. The van der Waals surface area contributed by atoms with Crippen molar-refractivity contribution in [3.8, 4) is 10.6 Å². The Hall–Kier alpha value is -1.36. The van der Waals surface area contributed by atoms with E-state index >= 15 is 0 Å². The molecule has 0 aliphatic rings. The zero-order valence-corrected chi connectivity index (χ0v) is 8.19. The molecule has 5 heteroatoms. The van der Waals surface area contributed by atoms with Crippen LogP contribution in [0.5, 0.6) is 0 Å². The fourth-order valence-corrected chi connectivity index (χ4v) is 1.90. The van der Waals surface area contributed by atoms with E-state index in [2.05, 4.69) is 11.1 Å². The van der Waals surface area contributed by atoms with Crippen LogP contribution in [0.1, 0.15) is 5.69 Å². The Morgan fingerprint density at radius 1 is 1.20 bits per heavy atom. The van der Waals surface area contributed by atoms with Crippen molar-refractivity contribution in [3.05, 3.63) is 41.4 Å². The number of aromatic nitrogens is 1. The van der Waals surface area contributed by atoms with Gasteiger partial charge in [-0.15, -0.1) is 11.3 Å². The minimum absolute atomic E-state index is 0.372. The third kappa shape index (κ3) is 2.18. The van der Waals surface area contributed by atoms with Gasteiger partial charge in [0, 0.05) is 10.9 Å². The highest BCUT2D eigenvalue weighted by atomic mass is 32.1. The summed E-state index contributed by atoms with van der Waals surface area (Å²) < 4.78 is 36.8. The molecule has 1 radical (unpaired) electrons. The first-order valence-corrected chi connectivity index (χ1v) is 4.94. The zero-order valence-electron chi connectivity index (χ0n) is 7.38. The van der Waals surface area contributed by atoms with Crippen LogP contribution in [0, 0.1) is 6.07 Å². The average molecular weight is 228 g/mol. The Balaban J connectivity index is 2.37. The lowest BCUT2D eigenvalue weighted by molar-refractivity contribution is -0.140. The maximum absolute atomic E-state index is 12.3. The molecule has 2 rings (SSSR count). The highest BCUT2D eigenvalue weighted by Gasteiger charge is 2.33. The number of hydrogen-bond acceptors (Lipinski definition) is 2. The van der Waals surface area contributed by atoms with Crippen molar-refractivity contribution in [3.63, 3.8) is 0 Å². The molecule has 1 heterocycles. The molecule has 0 aliphatic carbocycles. The van der Waals surface area contributed by atoms with E-state index in [-0.39, 0.29) is 0 Å². The fourth-order valence-electron chi connectivity index (χ4n) is 1.07. The van der Waals surface area contributed by atoms with Crippen LogP contribution in [0.2, 0.25) is 0 Å². The SMILES string of the molecule is FC(F)(F)c1csc(-c2cc[c]cc2)n1. The van der Waals surface area contributed by atoms with Gasteiger partial charge in [-0.05, 0) is 6.07 Å². The van der Waals surface area contributed by atoms with Crippen LogP contribution in [0.4, 0.5) is 13.2 Å². The van der Waals surface area contributed by atoms with Crippen LogP contribution >= 0.6 is 11.3 Å². The van der Waals surface area contributed by atoms with Crippen LogP contribution in [-0.4, -0.2) is 4.98 Å². The first kappa shape index (κ1) is 10.2. The van der Waals surface area contributed by atoms with Crippen molar-refractivity contribution in [2.24, 2.45) is 0 Å². The predicted molar refractivity (Wildman–Crippen MR) is 51.4 cm³/mol. The van der Waals surface area contributed by atoms with Gasteiger partial charge in [-0.3, -0.25) is 0 Å². The Morgan fingerprint density at radius 2 is 1.87 bits per heavy atom. The molecule has 0 saturated carbocycles. The maximum atomic E-state index is 12.3. The maximum Gasteiger partial charge on any atom is 0.434 e. The lowest BCUT2D eigenvalue weighted by Crippen LogP contribution is -2.04. The minimum Gasteiger partial charge on any atom is -0.232 e. The second-order valence-corrected chi connectivity index (χ2v) is 3.68. The number of alkyl halides is 3. The molecule has 15 heavy (non-hydrogen) atoms. The Kier molecular flexibility index (Phi) is 2.48. The summed E-state index contributed by atoms with van der Waals surface area (Å²) in [5, 5.41) is 1.39. The molecule has 0 bridgehead atoms. The van der Waals surface area contributed by atoms with E-state index in [9.17, 15) is 13.2 Å². The smallest absolute Gasteiger partial charge is 0.232 e. The molecule has 1 nitrogen and oxygen atoms in total. The highest BCUT2D eigenvalue weighted by molar-refractivity contribution is 7.13. The molecule has 2 aromatic rings. The minimum atomic E-state index is -4.37. The van der Waals surface area contributed by atoms with Gasteiger partial charge in [0.1, 0.15) is 5.01 Å². The lowest BCUT2D eigenvalue weighted by Gasteiger charge is -1.99. The molecule has 1 aromatic heterocycles. The van der Waals surface area contributed by atoms with E-state index in [1.165, 1.54) is 0 Å². The summed E-state index contributed by atoms with van der Waals surface area (Å²) in [6.45, 7) is 0. The lowest BCUT2D eigenvalue weighted by atomic mass is 10.2. The predicted octanol–water partition coefficient (Wildman–Crippen LogP) is 3.63. The molecule has 0 spiro atoms. The van der Waals surface area contributed by atoms with E-state index in [1.807, 2.05) is 0 Å². The number of nitrogens with zero attached hydrogens (tertiary/aromatic N) is 1. The van der Waals surface area contributed by atoms with E-state index in [1.54, 1.807) is 24.3 Å². The molecule has 77 valence electrons. The van der Waals surface area contributed by atoms with Crippen molar-refractivity contribution in [2.45, 2.75) is 6.18 Å². The first-order chi connectivity index (χ1) is 7.07. The van der Waals surface area contributed by atoms with Crippen LogP contribution in [0.15, 0.2) is 29.6 Å². The molecule has 0 N–H and O–H groups in total. The Labute approximate surface area is 88.2 Å². The van der Waals surface area contributed by atoms with Crippen LogP contribution in [-0.2, 0) is 6.18 Å². The van der Waals surface area contributed by atoms with Crippen molar-refractivity contribution in [2.75, 3.05) is 0 Å². The molecular weight excluding hydrogens is 223 g/mol. The number of halogens is 3. The van der Waals surface area contributed by atoms with Gasteiger partial charge in [0.2, 0.25) is 0 Å². The topological polar surface area (TPSA) is 12.9 Å². The number of rotatable bonds is 1. The van der Waals surface area contributed by atoms with Gasteiger partial charge in [0.25, 0.3) is 0 Å². The molecule has 0 fully saturated rings. The summed E-state index contributed by atoms with van der Waals surface area (Å²) in [6.07, 6.45) is -4.37. The summed E-state index contributed by atoms with van der Waals surface area (Å²) in [4.78, 5) is 3.53. The van der Waals surface area contributed by atoms with Gasteiger partial charge in [0.15, 0.2) is 5.69 Å². The number of benzene rings is 1.